The van der Waals surface area contributed by atoms with Crippen molar-refractivity contribution in [2.75, 3.05) is 18.9 Å². The number of aryl methyl sites for hydroxylation is 1. The highest BCUT2D eigenvalue weighted by atomic mass is 16.5. The Morgan fingerprint density at radius 2 is 2.08 bits per heavy atom. The van der Waals surface area contributed by atoms with Crippen LogP contribution >= 0.6 is 0 Å². The number of rotatable bonds is 4. The lowest BCUT2D eigenvalue weighted by atomic mass is 10.4. The molecule has 5 nitrogen and oxygen atoms in total. The van der Waals surface area contributed by atoms with E-state index in [2.05, 4.69) is 15.0 Å². The Morgan fingerprint density at radius 3 is 2.69 bits per heavy atom. The van der Waals surface area contributed by atoms with E-state index < -0.39 is 0 Å². The van der Waals surface area contributed by atoms with E-state index in [1.54, 1.807) is 6.92 Å². The summed E-state index contributed by atoms with van der Waals surface area (Å²) in [6.45, 7) is 5.08. The molecule has 1 aromatic heterocycles. The second-order valence-corrected chi connectivity index (χ2v) is 2.60. The number of anilines is 1. The minimum absolute atomic E-state index is 0.277. The van der Waals surface area contributed by atoms with Gasteiger partial charge in [0.1, 0.15) is 11.6 Å². The third-order valence-corrected chi connectivity index (χ3v) is 1.48. The zero-order chi connectivity index (χ0) is 9.68. The summed E-state index contributed by atoms with van der Waals surface area (Å²) in [4.78, 5) is 12.0. The molecule has 0 radical (unpaired) electrons. The molecule has 0 aliphatic rings. The van der Waals surface area contributed by atoms with Gasteiger partial charge >= 0.3 is 0 Å². The molecule has 0 amide bonds. The van der Waals surface area contributed by atoms with E-state index in [4.69, 9.17) is 10.5 Å². The van der Waals surface area contributed by atoms with E-state index in [0.29, 0.717) is 31.3 Å². The fourth-order valence-corrected chi connectivity index (χ4v) is 0.979. The SMILES string of the molecule is CCOCCc1nc(C)nc(N)n1. The lowest BCUT2D eigenvalue weighted by Crippen LogP contribution is -2.07. The summed E-state index contributed by atoms with van der Waals surface area (Å²) >= 11 is 0. The van der Waals surface area contributed by atoms with E-state index >= 15 is 0 Å². The van der Waals surface area contributed by atoms with Crippen LogP contribution in [0.15, 0.2) is 0 Å². The van der Waals surface area contributed by atoms with Crippen LogP contribution in [0.5, 0.6) is 0 Å². The molecule has 1 heterocycles. The average Bonchev–Trinajstić information content (AvgIpc) is 2.03. The monoisotopic (exact) mass is 182 g/mol. The first-order valence-electron chi connectivity index (χ1n) is 4.27. The average molecular weight is 182 g/mol. The smallest absolute Gasteiger partial charge is 0.223 e. The van der Waals surface area contributed by atoms with Gasteiger partial charge in [-0.1, -0.05) is 0 Å². The summed E-state index contributed by atoms with van der Waals surface area (Å²) in [5.74, 6) is 1.62. The highest BCUT2D eigenvalue weighted by Gasteiger charge is 2.00. The highest BCUT2D eigenvalue weighted by Crippen LogP contribution is 1.97. The second-order valence-electron chi connectivity index (χ2n) is 2.60. The number of aromatic nitrogens is 3. The van der Waals surface area contributed by atoms with Crippen molar-refractivity contribution in [2.45, 2.75) is 20.3 Å². The van der Waals surface area contributed by atoms with E-state index in [1.165, 1.54) is 0 Å². The number of nitrogens with two attached hydrogens (primary N) is 1. The summed E-state index contributed by atoms with van der Waals surface area (Å²) in [5, 5.41) is 0. The van der Waals surface area contributed by atoms with Crippen molar-refractivity contribution in [1.82, 2.24) is 15.0 Å². The summed E-state index contributed by atoms with van der Waals surface area (Å²) in [7, 11) is 0. The molecule has 0 spiro atoms. The Hall–Kier alpha value is -1.23. The van der Waals surface area contributed by atoms with E-state index in [-0.39, 0.29) is 5.95 Å². The molecule has 0 atom stereocenters. The second kappa shape index (κ2) is 4.71. The van der Waals surface area contributed by atoms with Crippen LogP contribution in [0.2, 0.25) is 0 Å². The van der Waals surface area contributed by atoms with Gasteiger partial charge in [0, 0.05) is 13.0 Å². The number of hydrogen-bond acceptors (Lipinski definition) is 5. The summed E-state index contributed by atoms with van der Waals surface area (Å²) in [5.41, 5.74) is 5.46. The van der Waals surface area contributed by atoms with Crippen LogP contribution in [0.3, 0.4) is 0 Å². The van der Waals surface area contributed by atoms with Crippen LogP contribution < -0.4 is 5.73 Å². The van der Waals surface area contributed by atoms with Gasteiger partial charge in [-0.3, -0.25) is 0 Å². The van der Waals surface area contributed by atoms with Crippen LogP contribution in [0.25, 0.3) is 0 Å². The molecule has 13 heavy (non-hydrogen) atoms. The Balaban J connectivity index is 2.56. The van der Waals surface area contributed by atoms with Crippen molar-refractivity contribution in [2.24, 2.45) is 0 Å². The number of nitrogens with zero attached hydrogens (tertiary/aromatic N) is 3. The van der Waals surface area contributed by atoms with E-state index in [1.807, 2.05) is 6.92 Å². The zero-order valence-corrected chi connectivity index (χ0v) is 7.95. The normalized spacial score (nSPS) is 10.3. The van der Waals surface area contributed by atoms with Crippen LogP contribution in [0, 0.1) is 6.92 Å². The molecule has 0 aliphatic heterocycles. The van der Waals surface area contributed by atoms with Crippen molar-refractivity contribution in [3.05, 3.63) is 11.6 Å². The molecule has 0 unspecified atom stereocenters. The van der Waals surface area contributed by atoms with Gasteiger partial charge < -0.3 is 10.5 Å². The third kappa shape index (κ3) is 3.33. The molecule has 1 rings (SSSR count). The van der Waals surface area contributed by atoms with Crippen LogP contribution in [-0.2, 0) is 11.2 Å². The Labute approximate surface area is 77.4 Å². The van der Waals surface area contributed by atoms with Gasteiger partial charge in [-0.15, -0.1) is 0 Å². The van der Waals surface area contributed by atoms with Crippen molar-refractivity contribution in [3.8, 4) is 0 Å². The maximum absolute atomic E-state index is 5.46. The first kappa shape index (κ1) is 9.85. The molecular formula is C8H14N4O. The van der Waals surface area contributed by atoms with Gasteiger partial charge in [-0.05, 0) is 13.8 Å². The molecule has 72 valence electrons. The maximum Gasteiger partial charge on any atom is 0.223 e. The van der Waals surface area contributed by atoms with Crippen molar-refractivity contribution in [1.29, 1.82) is 0 Å². The summed E-state index contributed by atoms with van der Waals surface area (Å²) in [6, 6.07) is 0. The molecule has 0 bridgehead atoms. The molecule has 2 N–H and O–H groups in total. The van der Waals surface area contributed by atoms with E-state index in [0.717, 1.165) is 0 Å². The lowest BCUT2D eigenvalue weighted by molar-refractivity contribution is 0.149. The largest absolute Gasteiger partial charge is 0.381 e. The lowest BCUT2D eigenvalue weighted by Gasteiger charge is -2.01. The van der Waals surface area contributed by atoms with Crippen LogP contribution in [0.1, 0.15) is 18.6 Å². The zero-order valence-electron chi connectivity index (χ0n) is 7.95. The molecule has 0 aromatic carbocycles. The maximum atomic E-state index is 5.46. The summed E-state index contributed by atoms with van der Waals surface area (Å²) in [6.07, 6.45) is 0.682. The number of ether oxygens (including phenoxy) is 1. The molecule has 0 saturated heterocycles. The standard InChI is InChI=1S/C8H14N4O/c1-3-13-5-4-7-10-6(2)11-8(9)12-7/h3-5H2,1-2H3,(H2,9,10,11,12). The fourth-order valence-electron chi connectivity index (χ4n) is 0.979. The topological polar surface area (TPSA) is 73.9 Å². The summed E-state index contributed by atoms with van der Waals surface area (Å²) < 4.78 is 5.18. The first-order chi connectivity index (χ1) is 6.22. The van der Waals surface area contributed by atoms with Gasteiger partial charge in [0.2, 0.25) is 5.95 Å². The van der Waals surface area contributed by atoms with Gasteiger partial charge in [-0.2, -0.15) is 9.97 Å². The first-order valence-corrected chi connectivity index (χ1v) is 4.27. The van der Waals surface area contributed by atoms with Crippen LogP contribution in [0.4, 0.5) is 5.95 Å². The van der Waals surface area contributed by atoms with Gasteiger partial charge in [0.25, 0.3) is 0 Å². The molecule has 5 heteroatoms. The number of hydrogen-bond donors (Lipinski definition) is 1. The quantitative estimate of drug-likeness (QED) is 0.680. The fraction of sp³-hybridized carbons (Fsp3) is 0.625. The van der Waals surface area contributed by atoms with Gasteiger partial charge in [-0.25, -0.2) is 4.98 Å². The Kier molecular flexibility index (Phi) is 3.57. The minimum atomic E-state index is 0.277. The van der Waals surface area contributed by atoms with Crippen molar-refractivity contribution < 1.29 is 4.74 Å². The molecule has 1 aromatic rings. The Morgan fingerprint density at radius 1 is 1.31 bits per heavy atom. The molecule has 0 fully saturated rings. The molecule has 0 saturated carbocycles. The predicted octanol–water partition coefficient (Wildman–Crippen LogP) is 0.341. The van der Waals surface area contributed by atoms with E-state index in [9.17, 15) is 0 Å². The third-order valence-electron chi connectivity index (χ3n) is 1.48. The molecular weight excluding hydrogens is 168 g/mol. The van der Waals surface area contributed by atoms with Crippen molar-refractivity contribution >= 4 is 5.95 Å². The number of nitrogen functional groups attached to an aromatic ring is 1. The van der Waals surface area contributed by atoms with Gasteiger partial charge in [0.15, 0.2) is 0 Å². The highest BCUT2D eigenvalue weighted by molar-refractivity contribution is 5.15. The van der Waals surface area contributed by atoms with Gasteiger partial charge in [0.05, 0.1) is 6.61 Å². The van der Waals surface area contributed by atoms with Crippen molar-refractivity contribution in [3.63, 3.8) is 0 Å². The predicted molar refractivity (Wildman–Crippen MR) is 49.2 cm³/mol. The molecule has 0 aliphatic carbocycles. The minimum Gasteiger partial charge on any atom is -0.381 e. The van der Waals surface area contributed by atoms with Crippen LogP contribution in [-0.4, -0.2) is 28.2 Å². The Bertz CT molecular complexity index is 257.